The Kier molecular flexibility index (Phi) is 5.83. The SMILES string of the molecule is COc1cc(C(Nc2ccccn2)c2cc(Cl)c3cccnc3c2O)cc(I)c1O. The summed E-state index contributed by atoms with van der Waals surface area (Å²) in [6.45, 7) is 0. The normalized spacial score (nSPS) is 12.0. The fourth-order valence-corrected chi connectivity index (χ4v) is 4.17. The Morgan fingerprint density at radius 3 is 2.57 bits per heavy atom. The third-order valence-corrected chi connectivity index (χ3v) is 5.85. The molecule has 0 radical (unpaired) electrons. The molecule has 0 amide bonds. The number of hydrogen-bond donors (Lipinski definition) is 3. The molecule has 2 aromatic heterocycles. The van der Waals surface area contributed by atoms with E-state index in [1.165, 1.54) is 7.11 Å². The van der Waals surface area contributed by atoms with Crippen molar-refractivity contribution in [3.8, 4) is 17.2 Å². The Morgan fingerprint density at radius 1 is 1.03 bits per heavy atom. The summed E-state index contributed by atoms with van der Waals surface area (Å²) < 4.78 is 5.94. The molecule has 2 aromatic carbocycles. The molecule has 8 heteroatoms. The predicted molar refractivity (Wildman–Crippen MR) is 125 cm³/mol. The van der Waals surface area contributed by atoms with Gasteiger partial charge in [-0.25, -0.2) is 4.98 Å². The molecule has 4 rings (SSSR count). The Hall–Kier alpha value is -2.78. The van der Waals surface area contributed by atoms with Crippen LogP contribution in [0.2, 0.25) is 5.02 Å². The lowest BCUT2D eigenvalue weighted by Crippen LogP contribution is -2.14. The number of ether oxygens (including phenoxy) is 1. The number of anilines is 1. The molecule has 2 heterocycles. The Balaban J connectivity index is 1.94. The average molecular weight is 534 g/mol. The molecule has 0 fully saturated rings. The number of methoxy groups -OCH3 is 1. The smallest absolute Gasteiger partial charge is 0.171 e. The highest BCUT2D eigenvalue weighted by molar-refractivity contribution is 14.1. The van der Waals surface area contributed by atoms with E-state index >= 15 is 0 Å². The monoisotopic (exact) mass is 533 g/mol. The fourth-order valence-electron chi connectivity index (χ4n) is 3.28. The molecule has 0 aliphatic heterocycles. The first-order valence-corrected chi connectivity index (χ1v) is 10.4. The summed E-state index contributed by atoms with van der Waals surface area (Å²) in [5, 5.41) is 25.8. The van der Waals surface area contributed by atoms with E-state index in [4.69, 9.17) is 16.3 Å². The maximum atomic E-state index is 11.1. The first-order chi connectivity index (χ1) is 14.5. The minimum Gasteiger partial charge on any atom is -0.505 e. The van der Waals surface area contributed by atoms with E-state index in [9.17, 15) is 10.2 Å². The lowest BCUT2D eigenvalue weighted by molar-refractivity contribution is 0.371. The Morgan fingerprint density at radius 2 is 1.83 bits per heavy atom. The van der Waals surface area contributed by atoms with Crippen molar-refractivity contribution in [2.75, 3.05) is 12.4 Å². The number of halogens is 2. The summed E-state index contributed by atoms with van der Waals surface area (Å²) in [7, 11) is 1.49. The van der Waals surface area contributed by atoms with Crippen LogP contribution in [0.15, 0.2) is 60.9 Å². The van der Waals surface area contributed by atoms with Crippen molar-refractivity contribution >= 4 is 50.9 Å². The number of nitrogens with zero attached hydrogens (tertiary/aromatic N) is 2. The highest BCUT2D eigenvalue weighted by Gasteiger charge is 2.24. The zero-order valence-electron chi connectivity index (χ0n) is 15.8. The number of aromatic hydroxyl groups is 2. The maximum Gasteiger partial charge on any atom is 0.171 e. The third-order valence-electron chi connectivity index (χ3n) is 4.72. The number of benzene rings is 2. The second kappa shape index (κ2) is 8.53. The van der Waals surface area contributed by atoms with Crippen molar-refractivity contribution < 1.29 is 14.9 Å². The van der Waals surface area contributed by atoms with Gasteiger partial charge in [-0.1, -0.05) is 17.7 Å². The summed E-state index contributed by atoms with van der Waals surface area (Å²) in [6.07, 6.45) is 3.28. The largest absolute Gasteiger partial charge is 0.505 e. The van der Waals surface area contributed by atoms with E-state index in [1.54, 1.807) is 30.6 Å². The summed E-state index contributed by atoms with van der Waals surface area (Å²) in [5.41, 5.74) is 1.69. The van der Waals surface area contributed by atoms with Crippen molar-refractivity contribution in [2.24, 2.45) is 0 Å². The maximum absolute atomic E-state index is 11.1. The number of fused-ring (bicyclic) bond motifs is 1. The average Bonchev–Trinajstić information content (AvgIpc) is 2.77. The summed E-state index contributed by atoms with van der Waals surface area (Å²) in [4.78, 5) is 8.65. The fraction of sp³-hybridized carbons (Fsp3) is 0.0909. The zero-order valence-corrected chi connectivity index (χ0v) is 18.7. The molecule has 0 aliphatic rings. The van der Waals surface area contributed by atoms with E-state index in [0.29, 0.717) is 36.6 Å². The first kappa shape index (κ1) is 20.5. The third kappa shape index (κ3) is 3.82. The molecule has 152 valence electrons. The molecule has 4 aromatic rings. The number of phenolic OH excluding ortho intramolecular Hbond substituents is 2. The van der Waals surface area contributed by atoms with Gasteiger partial charge in [0, 0.05) is 23.3 Å². The molecular weight excluding hydrogens is 517 g/mol. The van der Waals surface area contributed by atoms with Crippen LogP contribution in [-0.2, 0) is 0 Å². The number of rotatable bonds is 5. The molecule has 1 atom stereocenters. The van der Waals surface area contributed by atoms with Crippen molar-refractivity contribution in [3.05, 3.63) is 80.6 Å². The molecule has 30 heavy (non-hydrogen) atoms. The number of pyridine rings is 2. The van der Waals surface area contributed by atoms with Gasteiger partial charge in [0.1, 0.15) is 17.1 Å². The minimum atomic E-state index is -0.535. The molecule has 0 saturated heterocycles. The van der Waals surface area contributed by atoms with Crippen LogP contribution in [-0.4, -0.2) is 27.3 Å². The molecule has 0 spiro atoms. The van der Waals surface area contributed by atoms with Gasteiger partial charge in [-0.3, -0.25) is 4.98 Å². The van der Waals surface area contributed by atoms with Crippen LogP contribution in [0.3, 0.4) is 0 Å². The van der Waals surface area contributed by atoms with E-state index in [0.717, 1.165) is 5.56 Å². The first-order valence-electron chi connectivity index (χ1n) is 8.99. The number of aromatic nitrogens is 2. The lowest BCUT2D eigenvalue weighted by Gasteiger charge is -2.23. The molecule has 0 aliphatic carbocycles. The van der Waals surface area contributed by atoms with Gasteiger partial charge in [0.05, 0.1) is 21.7 Å². The minimum absolute atomic E-state index is 0.0190. The zero-order chi connectivity index (χ0) is 21.3. The standard InChI is InChI=1S/C22H17ClIN3O3/c1-30-17-10-12(9-16(24)22(17)29)19(27-18-6-2-3-7-25-18)14-11-15(23)13-5-4-8-26-20(13)21(14)28/h2-11,19,28-29H,1H3,(H,25,27). The van der Waals surface area contributed by atoms with Crippen LogP contribution in [0, 0.1) is 3.57 Å². The highest BCUT2D eigenvalue weighted by atomic mass is 127. The molecule has 0 saturated carbocycles. The van der Waals surface area contributed by atoms with Gasteiger partial charge in [-0.15, -0.1) is 0 Å². The van der Waals surface area contributed by atoms with Crippen LogP contribution in [0.1, 0.15) is 17.2 Å². The van der Waals surface area contributed by atoms with E-state index in [-0.39, 0.29) is 11.5 Å². The van der Waals surface area contributed by atoms with Crippen LogP contribution >= 0.6 is 34.2 Å². The van der Waals surface area contributed by atoms with Crippen LogP contribution < -0.4 is 10.1 Å². The lowest BCUT2D eigenvalue weighted by atomic mass is 9.95. The topological polar surface area (TPSA) is 87.5 Å². The van der Waals surface area contributed by atoms with E-state index in [1.807, 2.05) is 52.9 Å². The molecule has 6 nitrogen and oxygen atoms in total. The molecular formula is C22H17ClIN3O3. The van der Waals surface area contributed by atoms with Crippen LogP contribution in [0.5, 0.6) is 17.2 Å². The molecule has 3 N–H and O–H groups in total. The van der Waals surface area contributed by atoms with E-state index < -0.39 is 6.04 Å². The highest BCUT2D eigenvalue weighted by Crippen LogP contribution is 2.42. The molecule has 0 bridgehead atoms. The van der Waals surface area contributed by atoms with Gasteiger partial charge in [-0.05, 0) is 70.6 Å². The van der Waals surface area contributed by atoms with Crippen LogP contribution in [0.25, 0.3) is 10.9 Å². The van der Waals surface area contributed by atoms with Crippen molar-refractivity contribution in [3.63, 3.8) is 0 Å². The summed E-state index contributed by atoms with van der Waals surface area (Å²) in [6, 6.07) is 13.8. The van der Waals surface area contributed by atoms with Gasteiger partial charge in [0.15, 0.2) is 11.5 Å². The number of hydrogen-bond acceptors (Lipinski definition) is 6. The second-order valence-electron chi connectivity index (χ2n) is 6.54. The quantitative estimate of drug-likeness (QED) is 0.293. The summed E-state index contributed by atoms with van der Waals surface area (Å²) >= 11 is 8.56. The summed E-state index contributed by atoms with van der Waals surface area (Å²) in [5.74, 6) is 1.02. The van der Waals surface area contributed by atoms with Crippen molar-refractivity contribution in [1.82, 2.24) is 9.97 Å². The predicted octanol–water partition coefficient (Wildman–Crippen LogP) is 5.51. The van der Waals surface area contributed by atoms with Gasteiger partial charge in [0.2, 0.25) is 0 Å². The van der Waals surface area contributed by atoms with Gasteiger partial charge in [0.25, 0.3) is 0 Å². The molecule has 1 unspecified atom stereocenters. The number of phenols is 2. The number of nitrogens with one attached hydrogen (secondary N) is 1. The van der Waals surface area contributed by atoms with Crippen LogP contribution in [0.4, 0.5) is 5.82 Å². The van der Waals surface area contributed by atoms with Gasteiger partial charge in [-0.2, -0.15) is 0 Å². The second-order valence-corrected chi connectivity index (χ2v) is 8.11. The Labute approximate surface area is 191 Å². The van der Waals surface area contributed by atoms with Gasteiger partial charge < -0.3 is 20.3 Å². The van der Waals surface area contributed by atoms with Crippen molar-refractivity contribution in [1.29, 1.82) is 0 Å². The Bertz CT molecular complexity index is 1220. The van der Waals surface area contributed by atoms with Crippen molar-refractivity contribution in [2.45, 2.75) is 6.04 Å². The van der Waals surface area contributed by atoms with E-state index in [2.05, 4.69) is 15.3 Å². The van der Waals surface area contributed by atoms with Gasteiger partial charge >= 0.3 is 0 Å².